The Morgan fingerprint density at radius 2 is 1.33 bits per heavy atom. The standard InChI is InChI=1S/C47H49N5O5/c53-37-11-13-39-33(20-37)8-12-38(31-4-2-1-3-5-31)44(39)32-6-9-36(10-7-32)51-18-16-29(17-19-51)23-49-24-30(25-49)26-50-27-34-21-40-41(22-35(34)28-50)47(57)52(46(40)56)42-14-15-43(54)48-45(42)55/h1-7,9-11,13,20-22,29-30,38,42,44,53H,8,12,14-19,23-28H2,(H,48,54,55). The maximum absolute atomic E-state index is 13.3. The van der Waals surface area contributed by atoms with E-state index in [9.17, 15) is 24.3 Å². The summed E-state index contributed by atoms with van der Waals surface area (Å²) in [6, 6.07) is 28.9. The second-order valence-electron chi connectivity index (χ2n) is 17.3. The van der Waals surface area contributed by atoms with Crippen LogP contribution in [0.15, 0.2) is 84.9 Å². The maximum Gasteiger partial charge on any atom is 0.262 e. The number of hydrogen-bond acceptors (Lipinski definition) is 8. The summed E-state index contributed by atoms with van der Waals surface area (Å²) in [6.07, 6.45) is 4.72. The first kappa shape index (κ1) is 36.0. The van der Waals surface area contributed by atoms with Crippen LogP contribution in [-0.2, 0) is 29.1 Å². The number of rotatable bonds is 8. The highest BCUT2D eigenvalue weighted by Gasteiger charge is 2.45. The molecule has 292 valence electrons. The van der Waals surface area contributed by atoms with E-state index in [1.54, 1.807) is 0 Å². The second kappa shape index (κ2) is 14.6. The van der Waals surface area contributed by atoms with Gasteiger partial charge in [-0.05, 0) is 120 Å². The number of aryl methyl sites for hydroxylation is 1. The van der Waals surface area contributed by atoms with Gasteiger partial charge in [-0.2, -0.15) is 0 Å². The molecule has 2 N–H and O–H groups in total. The third kappa shape index (κ3) is 6.72. The molecule has 3 saturated heterocycles. The van der Waals surface area contributed by atoms with E-state index in [1.165, 1.54) is 40.8 Å². The Bertz CT molecular complexity index is 2200. The molecule has 5 aliphatic heterocycles. The molecular weight excluding hydrogens is 715 g/mol. The molecule has 10 nitrogen and oxygen atoms in total. The first-order valence-electron chi connectivity index (χ1n) is 20.8. The molecule has 4 aromatic rings. The molecule has 10 rings (SSSR count). The van der Waals surface area contributed by atoms with E-state index < -0.39 is 23.8 Å². The van der Waals surface area contributed by atoms with Gasteiger partial charge in [-0.15, -0.1) is 0 Å². The van der Waals surface area contributed by atoms with Crippen molar-refractivity contribution < 1.29 is 24.3 Å². The summed E-state index contributed by atoms with van der Waals surface area (Å²) in [6.45, 7) is 8.03. The zero-order valence-electron chi connectivity index (χ0n) is 32.2. The first-order chi connectivity index (χ1) is 27.8. The summed E-state index contributed by atoms with van der Waals surface area (Å²) in [7, 11) is 0. The first-order valence-corrected chi connectivity index (χ1v) is 20.8. The molecule has 3 atom stereocenters. The van der Waals surface area contributed by atoms with Gasteiger partial charge in [0.25, 0.3) is 11.8 Å². The molecule has 1 aliphatic carbocycles. The fraction of sp³-hybridized carbons (Fsp3) is 0.404. The van der Waals surface area contributed by atoms with Gasteiger partial charge in [0, 0.05) is 70.4 Å². The minimum Gasteiger partial charge on any atom is -0.508 e. The van der Waals surface area contributed by atoms with Crippen LogP contribution in [0.1, 0.15) is 98.0 Å². The Balaban J connectivity index is 0.702. The molecule has 4 amide bonds. The number of benzene rings is 4. The zero-order chi connectivity index (χ0) is 38.8. The Kier molecular flexibility index (Phi) is 9.21. The molecule has 3 fully saturated rings. The smallest absolute Gasteiger partial charge is 0.262 e. The molecule has 0 radical (unpaired) electrons. The van der Waals surface area contributed by atoms with Crippen LogP contribution in [0.3, 0.4) is 0 Å². The molecule has 5 heterocycles. The van der Waals surface area contributed by atoms with Crippen LogP contribution >= 0.6 is 0 Å². The minimum atomic E-state index is -0.939. The van der Waals surface area contributed by atoms with Gasteiger partial charge in [0.05, 0.1) is 11.1 Å². The number of phenols is 1. The quantitative estimate of drug-likeness (QED) is 0.216. The van der Waals surface area contributed by atoms with E-state index in [1.807, 2.05) is 24.3 Å². The van der Waals surface area contributed by atoms with Crippen molar-refractivity contribution in [2.45, 2.75) is 69.5 Å². The van der Waals surface area contributed by atoms with Crippen LogP contribution in [0.25, 0.3) is 0 Å². The Morgan fingerprint density at radius 1 is 0.649 bits per heavy atom. The number of piperidine rings is 2. The van der Waals surface area contributed by atoms with Crippen molar-refractivity contribution in [2.24, 2.45) is 11.8 Å². The number of carbonyl (C=O) groups is 4. The van der Waals surface area contributed by atoms with Crippen LogP contribution in [0.5, 0.6) is 5.75 Å². The van der Waals surface area contributed by atoms with Crippen molar-refractivity contribution in [1.29, 1.82) is 0 Å². The largest absolute Gasteiger partial charge is 0.508 e. The van der Waals surface area contributed by atoms with Crippen LogP contribution in [0, 0.1) is 11.8 Å². The fourth-order valence-corrected chi connectivity index (χ4v) is 10.8. The highest BCUT2D eigenvalue weighted by molar-refractivity contribution is 6.23. The van der Waals surface area contributed by atoms with E-state index >= 15 is 0 Å². The van der Waals surface area contributed by atoms with Gasteiger partial charge in [0.2, 0.25) is 11.8 Å². The third-order valence-corrected chi connectivity index (χ3v) is 13.7. The number of hydrogen-bond donors (Lipinski definition) is 2. The van der Waals surface area contributed by atoms with Gasteiger partial charge in [-0.3, -0.25) is 34.3 Å². The number of carbonyl (C=O) groups excluding carboxylic acids is 4. The predicted molar refractivity (Wildman–Crippen MR) is 216 cm³/mol. The van der Waals surface area contributed by atoms with Gasteiger partial charge in [-0.25, -0.2) is 0 Å². The van der Waals surface area contributed by atoms with Gasteiger partial charge >= 0.3 is 0 Å². The van der Waals surface area contributed by atoms with E-state index in [-0.39, 0.29) is 24.7 Å². The molecule has 10 heteroatoms. The molecule has 6 aliphatic rings. The van der Waals surface area contributed by atoms with E-state index in [0.717, 1.165) is 81.2 Å². The van der Waals surface area contributed by atoms with Crippen molar-refractivity contribution in [3.63, 3.8) is 0 Å². The summed E-state index contributed by atoms with van der Waals surface area (Å²) in [5.74, 6) is 0.495. The lowest BCUT2D eigenvalue weighted by molar-refractivity contribution is -0.136. The van der Waals surface area contributed by atoms with E-state index in [4.69, 9.17) is 0 Å². The van der Waals surface area contributed by atoms with Gasteiger partial charge in [-0.1, -0.05) is 48.5 Å². The van der Waals surface area contributed by atoms with Crippen LogP contribution in [0.4, 0.5) is 5.69 Å². The normalized spacial score (nSPS) is 24.3. The summed E-state index contributed by atoms with van der Waals surface area (Å²) in [5.41, 5.74) is 9.51. The van der Waals surface area contributed by atoms with Crippen molar-refractivity contribution in [3.05, 3.63) is 129 Å². The lowest BCUT2D eigenvalue weighted by Crippen LogP contribution is -2.54. The summed E-state index contributed by atoms with van der Waals surface area (Å²) in [5, 5.41) is 12.5. The van der Waals surface area contributed by atoms with Gasteiger partial charge in [0.1, 0.15) is 11.8 Å². The Labute approximate surface area is 333 Å². The van der Waals surface area contributed by atoms with Crippen LogP contribution in [-0.4, -0.2) is 88.7 Å². The molecule has 0 aromatic heterocycles. The zero-order valence-corrected chi connectivity index (χ0v) is 32.2. The summed E-state index contributed by atoms with van der Waals surface area (Å²) >= 11 is 0. The molecule has 0 spiro atoms. The fourth-order valence-electron chi connectivity index (χ4n) is 10.8. The van der Waals surface area contributed by atoms with Crippen molar-refractivity contribution >= 4 is 29.3 Å². The van der Waals surface area contributed by atoms with Crippen LogP contribution < -0.4 is 10.2 Å². The lowest BCUT2D eigenvalue weighted by Gasteiger charge is -2.44. The highest BCUT2D eigenvalue weighted by atomic mass is 16.3. The molecule has 0 saturated carbocycles. The van der Waals surface area contributed by atoms with Crippen LogP contribution in [0.2, 0.25) is 0 Å². The number of anilines is 1. The number of fused-ring (bicyclic) bond motifs is 3. The highest BCUT2D eigenvalue weighted by Crippen LogP contribution is 2.47. The monoisotopic (exact) mass is 763 g/mol. The van der Waals surface area contributed by atoms with Crippen molar-refractivity contribution in [3.8, 4) is 5.75 Å². The number of nitrogens with one attached hydrogen (secondary N) is 1. The molecule has 0 bridgehead atoms. The number of imide groups is 2. The van der Waals surface area contributed by atoms with Crippen molar-refractivity contribution in [2.75, 3.05) is 44.2 Å². The lowest BCUT2D eigenvalue weighted by atomic mass is 9.69. The number of amides is 4. The van der Waals surface area contributed by atoms with E-state index in [0.29, 0.717) is 34.6 Å². The third-order valence-electron chi connectivity index (χ3n) is 13.7. The molecule has 57 heavy (non-hydrogen) atoms. The number of nitrogens with zero attached hydrogens (tertiary/aromatic N) is 4. The molecule has 3 unspecified atom stereocenters. The molecular formula is C47H49N5O5. The molecule has 4 aromatic carbocycles. The van der Waals surface area contributed by atoms with Gasteiger partial charge in [0.15, 0.2) is 0 Å². The number of likely N-dealkylation sites (tertiary alicyclic amines) is 1. The number of aromatic hydroxyl groups is 1. The Hall–Kier alpha value is -5.32. The predicted octanol–water partition coefficient (Wildman–Crippen LogP) is 5.82. The maximum atomic E-state index is 13.3. The van der Waals surface area contributed by atoms with Gasteiger partial charge < -0.3 is 14.9 Å². The average molecular weight is 764 g/mol. The topological polar surface area (TPSA) is 114 Å². The Morgan fingerprint density at radius 3 is 2.02 bits per heavy atom. The minimum absolute atomic E-state index is 0.116. The SMILES string of the molecule is O=C1CCC(N2C(=O)c3cc4c(cc3C2=O)CN(CC2CN(CC3CCN(c5ccc(C6c7ccc(O)cc7CCC6c6ccccc6)cc5)CC3)C2)C4)C(=O)N1. The number of phenolic OH excluding ortho intramolecular Hbond substituents is 1. The van der Waals surface area contributed by atoms with Crippen molar-refractivity contribution in [1.82, 2.24) is 20.0 Å². The summed E-state index contributed by atoms with van der Waals surface area (Å²) < 4.78 is 0. The van der Waals surface area contributed by atoms with E-state index in [2.05, 4.69) is 80.7 Å². The second-order valence-corrected chi connectivity index (χ2v) is 17.3. The summed E-state index contributed by atoms with van der Waals surface area (Å²) in [4.78, 5) is 59.3. The average Bonchev–Trinajstić information content (AvgIpc) is 3.72.